The fourth-order valence-electron chi connectivity index (χ4n) is 6.00. The second-order valence-corrected chi connectivity index (χ2v) is 16.8. The maximum atomic E-state index is 12.7. The van der Waals surface area contributed by atoms with E-state index in [-0.39, 0.29) is 13.0 Å². The van der Waals surface area contributed by atoms with Crippen molar-refractivity contribution >= 4 is 13.8 Å². The largest absolute Gasteiger partial charge is 0.472 e. The van der Waals surface area contributed by atoms with Gasteiger partial charge in [-0.25, -0.2) is 4.57 Å². The van der Waals surface area contributed by atoms with Crippen molar-refractivity contribution in [3.63, 3.8) is 0 Å². The second-order valence-electron chi connectivity index (χ2n) is 15.4. The van der Waals surface area contributed by atoms with Gasteiger partial charge in [-0.3, -0.25) is 13.8 Å². The summed E-state index contributed by atoms with van der Waals surface area (Å²) in [7, 11) is -4.53. The molecule has 3 atom stereocenters. The molecule has 0 aliphatic rings. The molecule has 9 nitrogen and oxygen atoms in total. The van der Waals surface area contributed by atoms with Crippen LogP contribution in [0, 0.1) is 0 Å². The number of unbranched alkanes of at least 4 members (excludes halogenated alkanes) is 16. The van der Waals surface area contributed by atoms with E-state index in [1.54, 1.807) is 0 Å². The Morgan fingerprint density at radius 1 is 0.533 bits per heavy atom. The van der Waals surface area contributed by atoms with Crippen LogP contribution < -0.4 is 0 Å². The van der Waals surface area contributed by atoms with Crippen LogP contribution in [0.5, 0.6) is 0 Å². The zero-order chi connectivity index (χ0) is 43.9. The van der Waals surface area contributed by atoms with Gasteiger partial charge < -0.3 is 24.6 Å². The number of phosphoric ester groups is 1. The number of hydrogen-bond acceptors (Lipinski definition) is 8. The lowest BCUT2D eigenvalue weighted by Crippen LogP contribution is -2.29. The Labute approximate surface area is 366 Å². The smallest absolute Gasteiger partial charge is 0.457 e. The number of rotatable bonds is 44. The van der Waals surface area contributed by atoms with E-state index in [4.69, 9.17) is 23.6 Å². The van der Waals surface area contributed by atoms with Gasteiger partial charge in [-0.05, 0) is 89.9 Å². The average Bonchev–Trinajstić information content (AvgIpc) is 3.24. The zero-order valence-corrected chi connectivity index (χ0v) is 38.8. The van der Waals surface area contributed by atoms with Crippen molar-refractivity contribution in [2.24, 2.45) is 0 Å². The lowest BCUT2D eigenvalue weighted by molar-refractivity contribution is -0.154. The Morgan fingerprint density at radius 3 is 1.43 bits per heavy atom. The molecule has 0 bridgehead atoms. The molecule has 0 spiro atoms. The summed E-state index contributed by atoms with van der Waals surface area (Å²) in [5, 5.41) is 18.4. The normalized spacial score (nSPS) is 14.7. The highest BCUT2D eigenvalue weighted by atomic mass is 31.2. The first-order chi connectivity index (χ1) is 29.3. The lowest BCUT2D eigenvalue weighted by Gasteiger charge is -2.20. The highest BCUT2D eigenvalue weighted by Gasteiger charge is 2.26. The summed E-state index contributed by atoms with van der Waals surface area (Å²) in [6.07, 6.45) is 56.8. The van der Waals surface area contributed by atoms with Gasteiger partial charge in [0.05, 0.1) is 26.4 Å². The minimum absolute atomic E-state index is 0.0313. The van der Waals surface area contributed by atoms with E-state index >= 15 is 0 Å². The number of carbonyl (C=O) groups is 1. The van der Waals surface area contributed by atoms with Crippen molar-refractivity contribution in [3.05, 3.63) is 85.1 Å². The van der Waals surface area contributed by atoms with Crippen LogP contribution in [-0.4, -0.2) is 66.3 Å². The SMILES string of the molecule is CC/C=C\C/C=C\C/C=C\C/C=C\CCCCCCCCCOCC(COP(=O)(O)OCC(O)CO)OC(=O)CCCCCCCC/C=C\C/C=C\C/C=C\CCCCC. The zero-order valence-electron chi connectivity index (χ0n) is 37.9. The summed E-state index contributed by atoms with van der Waals surface area (Å²) in [6.45, 7) is 3.32. The first-order valence-corrected chi connectivity index (χ1v) is 25.1. The number of allylic oxidation sites excluding steroid dienone is 14. The molecule has 0 aliphatic heterocycles. The van der Waals surface area contributed by atoms with Gasteiger partial charge in [0.15, 0.2) is 0 Å². The minimum Gasteiger partial charge on any atom is -0.457 e. The third-order valence-electron chi connectivity index (χ3n) is 9.56. The standard InChI is InChI=1S/C50H87O9P/c1-3-5-7-9-11-13-15-17-19-21-23-25-27-29-31-33-35-37-39-41-43-56-46-49(47-58-60(54,55)57-45-48(52)44-51)59-50(53)42-40-38-36-34-32-30-28-26-24-22-20-18-16-14-12-10-8-6-4-2/h5,7,11-14,17-20,23-26,48-49,51-52H,3-4,6,8-10,15-16,21-22,27-47H2,1-2H3,(H,54,55)/b7-5-,13-11-,14-12-,19-17-,20-18-,25-23-,26-24-. The third kappa shape index (κ3) is 45.2. The molecular formula is C50H87O9P. The van der Waals surface area contributed by atoms with E-state index in [1.807, 2.05) is 0 Å². The highest BCUT2D eigenvalue weighted by molar-refractivity contribution is 7.47. The van der Waals surface area contributed by atoms with Gasteiger partial charge >= 0.3 is 13.8 Å². The molecule has 0 aromatic heterocycles. The molecule has 0 saturated heterocycles. The molecule has 0 amide bonds. The Hall–Kier alpha value is -2.36. The van der Waals surface area contributed by atoms with Gasteiger partial charge in [0.2, 0.25) is 0 Å². The topological polar surface area (TPSA) is 132 Å². The highest BCUT2D eigenvalue weighted by Crippen LogP contribution is 2.43. The molecule has 0 aromatic rings. The van der Waals surface area contributed by atoms with E-state index in [9.17, 15) is 19.4 Å². The Morgan fingerprint density at radius 2 is 0.950 bits per heavy atom. The molecule has 0 aromatic carbocycles. The van der Waals surface area contributed by atoms with E-state index in [1.165, 1.54) is 51.4 Å². The van der Waals surface area contributed by atoms with Crippen LogP contribution in [0.25, 0.3) is 0 Å². The lowest BCUT2D eigenvalue weighted by atomic mass is 10.1. The first kappa shape index (κ1) is 57.6. The van der Waals surface area contributed by atoms with Gasteiger partial charge in [0.25, 0.3) is 0 Å². The molecule has 0 fully saturated rings. The summed E-state index contributed by atoms with van der Waals surface area (Å²) < 4.78 is 33.4. The monoisotopic (exact) mass is 863 g/mol. The molecular weight excluding hydrogens is 776 g/mol. The Kier molecular flexibility index (Phi) is 44.3. The molecule has 10 heteroatoms. The maximum absolute atomic E-state index is 12.7. The molecule has 3 unspecified atom stereocenters. The number of ether oxygens (including phenoxy) is 2. The van der Waals surface area contributed by atoms with Crippen molar-refractivity contribution in [3.8, 4) is 0 Å². The number of hydrogen-bond donors (Lipinski definition) is 3. The van der Waals surface area contributed by atoms with Gasteiger partial charge in [-0.15, -0.1) is 0 Å². The van der Waals surface area contributed by atoms with E-state index in [0.717, 1.165) is 103 Å². The number of carbonyl (C=O) groups excluding carboxylic acids is 1. The van der Waals surface area contributed by atoms with Gasteiger partial charge in [0.1, 0.15) is 12.2 Å². The average molecular weight is 863 g/mol. The summed E-state index contributed by atoms with van der Waals surface area (Å²) in [6, 6.07) is 0. The molecule has 3 N–H and O–H groups in total. The van der Waals surface area contributed by atoms with Crippen molar-refractivity contribution < 1.29 is 43.0 Å². The van der Waals surface area contributed by atoms with Crippen LogP contribution in [0.2, 0.25) is 0 Å². The number of phosphoric acid groups is 1. The number of aliphatic hydroxyl groups excluding tert-OH is 2. The molecule has 0 radical (unpaired) electrons. The van der Waals surface area contributed by atoms with Crippen LogP contribution >= 0.6 is 7.82 Å². The van der Waals surface area contributed by atoms with Crippen molar-refractivity contribution in [1.29, 1.82) is 0 Å². The summed E-state index contributed by atoms with van der Waals surface area (Å²) >= 11 is 0. The summed E-state index contributed by atoms with van der Waals surface area (Å²) in [5.41, 5.74) is 0. The number of aliphatic hydroxyl groups is 2. The van der Waals surface area contributed by atoms with Crippen molar-refractivity contribution in [1.82, 2.24) is 0 Å². The summed E-state index contributed by atoms with van der Waals surface area (Å²) in [4.78, 5) is 22.6. The van der Waals surface area contributed by atoms with Crippen molar-refractivity contribution in [2.45, 2.75) is 193 Å². The first-order valence-electron chi connectivity index (χ1n) is 23.6. The van der Waals surface area contributed by atoms with E-state index in [2.05, 4.69) is 98.9 Å². The van der Waals surface area contributed by atoms with E-state index < -0.39 is 45.8 Å². The van der Waals surface area contributed by atoms with Crippen LogP contribution in [0.3, 0.4) is 0 Å². The Bertz CT molecular complexity index is 1210. The van der Waals surface area contributed by atoms with E-state index in [0.29, 0.717) is 13.0 Å². The second kappa shape index (κ2) is 46.2. The van der Waals surface area contributed by atoms with Gasteiger partial charge in [0, 0.05) is 13.0 Å². The Balaban J connectivity index is 4.20. The molecule has 0 aliphatic carbocycles. The fraction of sp³-hybridized carbons (Fsp3) is 0.700. The molecule has 0 heterocycles. The van der Waals surface area contributed by atoms with Crippen LogP contribution in [-0.2, 0) is 27.9 Å². The molecule has 0 saturated carbocycles. The predicted molar refractivity (Wildman–Crippen MR) is 251 cm³/mol. The molecule has 0 rings (SSSR count). The van der Waals surface area contributed by atoms with Crippen LogP contribution in [0.15, 0.2) is 85.1 Å². The maximum Gasteiger partial charge on any atom is 0.472 e. The minimum atomic E-state index is -4.53. The van der Waals surface area contributed by atoms with Gasteiger partial charge in [-0.2, -0.15) is 0 Å². The van der Waals surface area contributed by atoms with Crippen molar-refractivity contribution in [2.75, 3.05) is 33.0 Å². The molecule has 60 heavy (non-hydrogen) atoms. The van der Waals surface area contributed by atoms with Crippen LogP contribution in [0.4, 0.5) is 0 Å². The predicted octanol–water partition coefficient (Wildman–Crippen LogP) is 13.5. The summed E-state index contributed by atoms with van der Waals surface area (Å²) in [5.74, 6) is -0.402. The molecule has 346 valence electrons. The third-order valence-corrected chi connectivity index (χ3v) is 10.5. The fourth-order valence-corrected chi connectivity index (χ4v) is 6.79. The quantitative estimate of drug-likeness (QED) is 0.0237. The van der Waals surface area contributed by atoms with Crippen LogP contribution in [0.1, 0.15) is 181 Å². The van der Waals surface area contributed by atoms with Gasteiger partial charge in [-0.1, -0.05) is 170 Å². The number of esters is 1.